The molecule has 2 aliphatic heterocycles. The molecular weight excluding hydrogens is 430 g/mol. The van der Waals surface area contributed by atoms with Crippen LogP contribution in [0.3, 0.4) is 0 Å². The first-order valence-corrected chi connectivity index (χ1v) is 11.4. The molecule has 5 rings (SSSR count). The smallest absolute Gasteiger partial charge is 0.253 e. The van der Waals surface area contributed by atoms with Crippen molar-refractivity contribution in [1.29, 1.82) is 5.26 Å². The van der Waals surface area contributed by atoms with Crippen LogP contribution in [0.4, 0.5) is 0 Å². The van der Waals surface area contributed by atoms with Gasteiger partial charge in [-0.3, -0.25) is 9.36 Å². The number of hydrogen-bond donors (Lipinski definition) is 2. The van der Waals surface area contributed by atoms with Crippen LogP contribution in [0.1, 0.15) is 59.6 Å². The Morgan fingerprint density at radius 2 is 1.88 bits per heavy atom. The number of benzene rings is 2. The molecule has 0 radical (unpaired) electrons. The number of nitriles is 1. The van der Waals surface area contributed by atoms with Crippen LogP contribution in [0, 0.1) is 11.3 Å². The molecule has 7 heteroatoms. The van der Waals surface area contributed by atoms with Crippen molar-refractivity contribution >= 4 is 5.91 Å². The number of rotatable bonds is 3. The Morgan fingerprint density at radius 3 is 2.56 bits per heavy atom. The standard InChI is InChI=1S/C27H27N3O4/c1-26(2,33)21-9-7-18(15-19(21)17-31)25(32)29-13-11-27(12-14-29)24-10-8-20(16-28)30(24)22-5-3-4-6-23(22)34-27/h3-10,15,31,33H,11-14,17H2,1-2H3. The molecule has 0 bridgehead atoms. The second kappa shape index (κ2) is 8.01. The summed E-state index contributed by atoms with van der Waals surface area (Å²) in [6.45, 7) is 4.05. The fourth-order valence-corrected chi connectivity index (χ4v) is 5.20. The minimum atomic E-state index is -1.11. The number of aliphatic hydroxyl groups excluding tert-OH is 1. The quantitative estimate of drug-likeness (QED) is 0.626. The third-order valence-corrected chi connectivity index (χ3v) is 6.91. The van der Waals surface area contributed by atoms with Crippen molar-refractivity contribution in [3.63, 3.8) is 0 Å². The normalized spacial score (nSPS) is 16.4. The van der Waals surface area contributed by atoms with E-state index in [2.05, 4.69) is 6.07 Å². The van der Waals surface area contributed by atoms with Gasteiger partial charge in [0.15, 0.2) is 5.60 Å². The van der Waals surface area contributed by atoms with Crippen LogP contribution in [0.5, 0.6) is 5.75 Å². The maximum atomic E-state index is 13.3. The van der Waals surface area contributed by atoms with E-state index in [9.17, 15) is 20.3 Å². The van der Waals surface area contributed by atoms with Gasteiger partial charge in [0.05, 0.1) is 23.6 Å². The van der Waals surface area contributed by atoms with Crippen molar-refractivity contribution in [2.24, 2.45) is 0 Å². The predicted molar refractivity (Wildman–Crippen MR) is 126 cm³/mol. The lowest BCUT2D eigenvalue weighted by molar-refractivity contribution is -0.00939. The van der Waals surface area contributed by atoms with E-state index in [-0.39, 0.29) is 12.5 Å². The molecule has 2 N–H and O–H groups in total. The highest BCUT2D eigenvalue weighted by Crippen LogP contribution is 2.46. The van der Waals surface area contributed by atoms with E-state index in [1.807, 2.05) is 41.0 Å². The maximum absolute atomic E-state index is 13.3. The average molecular weight is 458 g/mol. The third-order valence-electron chi connectivity index (χ3n) is 6.91. The van der Waals surface area contributed by atoms with Crippen molar-refractivity contribution in [3.05, 3.63) is 82.7 Å². The van der Waals surface area contributed by atoms with E-state index in [1.165, 1.54) is 0 Å². The monoisotopic (exact) mass is 457 g/mol. The molecule has 34 heavy (non-hydrogen) atoms. The molecule has 2 aromatic carbocycles. The van der Waals surface area contributed by atoms with Gasteiger partial charge < -0.3 is 19.8 Å². The molecule has 2 aliphatic rings. The fourth-order valence-electron chi connectivity index (χ4n) is 5.20. The summed E-state index contributed by atoms with van der Waals surface area (Å²) in [5, 5.41) is 29.8. The summed E-state index contributed by atoms with van der Waals surface area (Å²) in [5.41, 5.74) is 2.27. The molecule has 0 aliphatic carbocycles. The first kappa shape index (κ1) is 22.2. The Morgan fingerprint density at radius 1 is 1.15 bits per heavy atom. The molecule has 3 heterocycles. The number of ether oxygens (including phenoxy) is 1. The molecule has 174 valence electrons. The number of hydrogen-bond acceptors (Lipinski definition) is 5. The molecule has 0 saturated carbocycles. The summed E-state index contributed by atoms with van der Waals surface area (Å²) >= 11 is 0. The molecule has 0 unspecified atom stereocenters. The minimum absolute atomic E-state index is 0.115. The Balaban J connectivity index is 1.41. The van der Waals surface area contributed by atoms with Crippen LogP contribution in [0.25, 0.3) is 5.69 Å². The number of fused-ring (bicyclic) bond motifs is 4. The van der Waals surface area contributed by atoms with Gasteiger partial charge in [0, 0.05) is 31.5 Å². The Hall–Kier alpha value is -3.60. The van der Waals surface area contributed by atoms with Crippen molar-refractivity contribution in [1.82, 2.24) is 9.47 Å². The molecule has 1 fully saturated rings. The lowest BCUT2D eigenvalue weighted by Crippen LogP contribution is -2.50. The number of piperidine rings is 1. The summed E-state index contributed by atoms with van der Waals surface area (Å²) in [7, 11) is 0. The summed E-state index contributed by atoms with van der Waals surface area (Å²) in [6, 6.07) is 18.8. The summed E-state index contributed by atoms with van der Waals surface area (Å²) < 4.78 is 8.51. The molecule has 0 atom stereocenters. The highest BCUT2D eigenvalue weighted by Gasteiger charge is 2.45. The summed E-state index contributed by atoms with van der Waals surface area (Å²) in [5.74, 6) is 0.619. The highest BCUT2D eigenvalue weighted by molar-refractivity contribution is 5.94. The van der Waals surface area contributed by atoms with Crippen LogP contribution < -0.4 is 4.74 Å². The number of carbonyl (C=O) groups is 1. The first-order valence-electron chi connectivity index (χ1n) is 11.4. The van der Waals surface area contributed by atoms with Gasteiger partial charge in [-0.1, -0.05) is 18.2 Å². The SMILES string of the molecule is CC(C)(O)c1ccc(C(=O)N2CCC3(CC2)Oc2ccccc2-n2c(C#N)ccc23)cc1CO. The summed E-state index contributed by atoms with van der Waals surface area (Å²) in [4.78, 5) is 15.1. The van der Waals surface area contributed by atoms with Crippen molar-refractivity contribution < 1.29 is 19.7 Å². The van der Waals surface area contributed by atoms with E-state index >= 15 is 0 Å². The predicted octanol–water partition coefficient (Wildman–Crippen LogP) is 3.59. The van der Waals surface area contributed by atoms with Crippen molar-refractivity contribution in [2.45, 2.75) is 44.5 Å². The van der Waals surface area contributed by atoms with Gasteiger partial charge in [0.1, 0.15) is 17.5 Å². The zero-order valence-corrected chi connectivity index (χ0v) is 19.3. The Labute approximate surface area is 198 Å². The van der Waals surface area contributed by atoms with Crippen LogP contribution >= 0.6 is 0 Å². The van der Waals surface area contributed by atoms with Crippen LogP contribution in [0.15, 0.2) is 54.6 Å². The lowest BCUT2D eigenvalue weighted by atomic mass is 9.86. The second-order valence-electron chi connectivity index (χ2n) is 9.50. The van der Waals surface area contributed by atoms with Gasteiger partial charge >= 0.3 is 0 Å². The van der Waals surface area contributed by atoms with Gasteiger partial charge in [-0.05, 0) is 61.4 Å². The second-order valence-corrected chi connectivity index (χ2v) is 9.50. The molecule has 1 aromatic heterocycles. The van der Waals surface area contributed by atoms with Crippen LogP contribution in [0.2, 0.25) is 0 Å². The van der Waals surface area contributed by atoms with Gasteiger partial charge in [0.25, 0.3) is 5.91 Å². The van der Waals surface area contributed by atoms with Gasteiger partial charge in [-0.25, -0.2) is 0 Å². The number of nitrogens with zero attached hydrogens (tertiary/aromatic N) is 3. The molecular formula is C27H27N3O4. The largest absolute Gasteiger partial charge is 0.479 e. The Kier molecular flexibility index (Phi) is 5.23. The van der Waals surface area contributed by atoms with Gasteiger partial charge in [-0.15, -0.1) is 0 Å². The topological polar surface area (TPSA) is 98.7 Å². The molecule has 1 spiro atoms. The van der Waals surface area contributed by atoms with E-state index in [4.69, 9.17) is 4.74 Å². The Bertz CT molecular complexity index is 1300. The van der Waals surface area contributed by atoms with E-state index in [1.54, 1.807) is 36.9 Å². The first-order chi connectivity index (χ1) is 16.3. The summed E-state index contributed by atoms with van der Waals surface area (Å²) in [6.07, 6.45) is 1.19. The van der Waals surface area contributed by atoms with E-state index in [0.29, 0.717) is 48.3 Å². The average Bonchev–Trinajstić information content (AvgIpc) is 3.29. The number of aromatic nitrogens is 1. The van der Waals surface area contributed by atoms with Crippen LogP contribution in [-0.2, 0) is 17.8 Å². The number of para-hydroxylation sites is 2. The molecule has 7 nitrogen and oxygen atoms in total. The minimum Gasteiger partial charge on any atom is -0.479 e. The fraction of sp³-hybridized carbons (Fsp3) is 0.333. The van der Waals surface area contributed by atoms with Gasteiger partial charge in [-0.2, -0.15) is 5.26 Å². The van der Waals surface area contributed by atoms with E-state index in [0.717, 1.165) is 17.1 Å². The highest BCUT2D eigenvalue weighted by atomic mass is 16.5. The third kappa shape index (κ3) is 3.47. The molecule has 1 saturated heterocycles. The van der Waals surface area contributed by atoms with Gasteiger partial charge in [0.2, 0.25) is 0 Å². The van der Waals surface area contributed by atoms with Crippen LogP contribution in [-0.4, -0.2) is 38.7 Å². The zero-order chi connectivity index (χ0) is 24.1. The van der Waals surface area contributed by atoms with Crippen molar-refractivity contribution in [3.8, 4) is 17.5 Å². The maximum Gasteiger partial charge on any atom is 0.253 e. The number of aliphatic hydroxyl groups is 2. The number of carbonyl (C=O) groups excluding carboxylic acids is 1. The number of amides is 1. The van der Waals surface area contributed by atoms with Crippen molar-refractivity contribution in [2.75, 3.05) is 13.1 Å². The number of likely N-dealkylation sites (tertiary alicyclic amines) is 1. The lowest BCUT2D eigenvalue weighted by Gasteiger charge is -2.45. The van der Waals surface area contributed by atoms with E-state index < -0.39 is 11.2 Å². The zero-order valence-electron chi connectivity index (χ0n) is 19.3. The molecule has 3 aromatic rings. The molecule has 1 amide bonds.